The van der Waals surface area contributed by atoms with Crippen LogP contribution in [0.15, 0.2) is 12.1 Å². The van der Waals surface area contributed by atoms with Gasteiger partial charge in [0.15, 0.2) is 0 Å². The molecule has 0 spiro atoms. The van der Waals surface area contributed by atoms with Gasteiger partial charge in [-0.05, 0) is 76.6 Å². The van der Waals surface area contributed by atoms with E-state index in [1.165, 1.54) is 0 Å². The second-order valence-corrected chi connectivity index (χ2v) is 6.14. The predicted octanol–water partition coefficient (Wildman–Crippen LogP) is 3.85. The largest absolute Gasteiger partial charge is 0.493 e. The Bertz CT molecular complexity index is 528. The number of anilines is 1. The molecule has 1 aromatic rings. The van der Waals surface area contributed by atoms with E-state index in [-0.39, 0.29) is 5.91 Å². The number of benzene rings is 1. The van der Waals surface area contributed by atoms with E-state index in [1.807, 2.05) is 46.8 Å². The zero-order valence-corrected chi connectivity index (χ0v) is 14.3. The molecule has 4 heteroatoms. The van der Waals surface area contributed by atoms with Gasteiger partial charge in [-0.15, -0.1) is 0 Å². The van der Waals surface area contributed by atoms with Crippen molar-refractivity contribution in [3.63, 3.8) is 0 Å². The van der Waals surface area contributed by atoms with Crippen molar-refractivity contribution in [2.24, 2.45) is 5.92 Å². The first kappa shape index (κ1) is 16.8. The van der Waals surface area contributed by atoms with Gasteiger partial charge in [-0.25, -0.2) is 0 Å². The minimum absolute atomic E-state index is 0.0557. The first-order valence-electron chi connectivity index (χ1n) is 8.11. The molecule has 122 valence electrons. The van der Waals surface area contributed by atoms with Gasteiger partial charge in [0.2, 0.25) is 0 Å². The lowest BCUT2D eigenvalue weighted by Gasteiger charge is -2.28. The van der Waals surface area contributed by atoms with E-state index in [1.54, 1.807) is 0 Å². The zero-order valence-electron chi connectivity index (χ0n) is 14.3. The van der Waals surface area contributed by atoms with Gasteiger partial charge >= 0.3 is 0 Å². The number of hydrogen-bond acceptors (Lipinski definition) is 3. The summed E-state index contributed by atoms with van der Waals surface area (Å²) in [6.45, 7) is 11.0. The first-order valence-corrected chi connectivity index (χ1v) is 8.11. The van der Waals surface area contributed by atoms with Crippen molar-refractivity contribution in [1.29, 1.82) is 0 Å². The summed E-state index contributed by atoms with van der Waals surface area (Å²) in [5, 5.41) is 3.02. The van der Waals surface area contributed by atoms with Gasteiger partial charge in [-0.2, -0.15) is 0 Å². The third-order valence-corrected chi connectivity index (χ3v) is 4.26. The maximum Gasteiger partial charge on any atom is 0.256 e. The van der Waals surface area contributed by atoms with Crippen molar-refractivity contribution in [1.82, 2.24) is 0 Å². The molecule has 1 aliphatic carbocycles. The van der Waals surface area contributed by atoms with Gasteiger partial charge in [0, 0.05) is 12.3 Å². The van der Waals surface area contributed by atoms with Gasteiger partial charge in [0.25, 0.3) is 5.91 Å². The monoisotopic (exact) mass is 305 g/mol. The van der Waals surface area contributed by atoms with Crippen LogP contribution in [-0.2, 0) is 9.53 Å². The normalized spacial score (nSPS) is 17.0. The summed E-state index contributed by atoms with van der Waals surface area (Å²) in [5.41, 5.74) is 2.13. The molecule has 0 radical (unpaired) electrons. The molecule has 1 amide bonds. The molecular formula is C18H27NO3. The molecular weight excluding hydrogens is 278 g/mol. The van der Waals surface area contributed by atoms with Crippen molar-refractivity contribution in [3.05, 3.63) is 23.3 Å². The number of nitrogens with one attached hydrogen (secondary N) is 1. The predicted molar refractivity (Wildman–Crippen MR) is 88.5 cm³/mol. The van der Waals surface area contributed by atoms with Crippen molar-refractivity contribution < 1.29 is 14.3 Å². The van der Waals surface area contributed by atoms with Crippen molar-refractivity contribution in [2.45, 2.75) is 53.1 Å². The molecule has 4 nitrogen and oxygen atoms in total. The number of carbonyl (C=O) groups excluding carboxylic acids is 1. The molecule has 2 rings (SSSR count). The fourth-order valence-electron chi connectivity index (χ4n) is 2.95. The summed E-state index contributed by atoms with van der Waals surface area (Å²) in [6.07, 6.45) is 2.12. The molecule has 0 aromatic heterocycles. The summed E-state index contributed by atoms with van der Waals surface area (Å²) >= 11 is 0. The van der Waals surface area contributed by atoms with Crippen LogP contribution in [0.3, 0.4) is 0 Å². The van der Waals surface area contributed by atoms with E-state index in [0.29, 0.717) is 19.1 Å². The lowest BCUT2D eigenvalue weighted by molar-refractivity contribution is -0.141. The minimum Gasteiger partial charge on any atom is -0.493 e. The van der Waals surface area contributed by atoms with Crippen LogP contribution in [0.25, 0.3) is 0 Å². The Morgan fingerprint density at radius 3 is 2.27 bits per heavy atom. The Morgan fingerprint density at radius 2 is 1.82 bits per heavy atom. The molecule has 1 aliphatic rings. The molecule has 1 unspecified atom stereocenters. The van der Waals surface area contributed by atoms with E-state index >= 15 is 0 Å². The standard InChI is InChI=1S/C18H27NO3/c1-6-21-16-12(3)10-15(11-13(16)4)19-17(20)18(5,22-7-2)14-8-9-14/h10-11,14H,6-9H2,1-5H3,(H,19,20). The van der Waals surface area contributed by atoms with Gasteiger partial charge in [0.05, 0.1) is 6.61 Å². The molecule has 0 saturated heterocycles. The van der Waals surface area contributed by atoms with Gasteiger partial charge in [-0.3, -0.25) is 4.79 Å². The van der Waals surface area contributed by atoms with E-state index < -0.39 is 5.60 Å². The highest BCUT2D eigenvalue weighted by atomic mass is 16.5. The molecule has 0 aliphatic heterocycles. The highest BCUT2D eigenvalue weighted by molar-refractivity contribution is 5.97. The summed E-state index contributed by atoms with van der Waals surface area (Å²) in [6, 6.07) is 3.91. The summed E-state index contributed by atoms with van der Waals surface area (Å²) in [4.78, 5) is 12.7. The van der Waals surface area contributed by atoms with Gasteiger partial charge in [0.1, 0.15) is 11.4 Å². The average molecular weight is 305 g/mol. The first-order chi connectivity index (χ1) is 10.4. The van der Waals surface area contributed by atoms with Crippen LogP contribution in [0, 0.1) is 19.8 Å². The van der Waals surface area contributed by atoms with E-state index in [2.05, 4.69) is 5.32 Å². The summed E-state index contributed by atoms with van der Waals surface area (Å²) in [5.74, 6) is 1.17. The summed E-state index contributed by atoms with van der Waals surface area (Å²) in [7, 11) is 0. The Balaban J connectivity index is 2.17. The number of hydrogen-bond donors (Lipinski definition) is 1. The lowest BCUT2D eigenvalue weighted by atomic mass is 9.98. The fraction of sp³-hybridized carbons (Fsp3) is 0.611. The average Bonchev–Trinajstić information content (AvgIpc) is 3.27. The maximum atomic E-state index is 12.7. The van der Waals surface area contributed by atoms with Crippen molar-refractivity contribution in [3.8, 4) is 5.75 Å². The van der Waals surface area contributed by atoms with Crippen LogP contribution < -0.4 is 10.1 Å². The van der Waals surface area contributed by atoms with Gasteiger partial charge in [-0.1, -0.05) is 0 Å². The van der Waals surface area contributed by atoms with Crippen LogP contribution in [0.2, 0.25) is 0 Å². The van der Waals surface area contributed by atoms with Crippen LogP contribution in [0.5, 0.6) is 5.75 Å². The second kappa shape index (κ2) is 6.69. The van der Waals surface area contributed by atoms with Crippen LogP contribution in [-0.4, -0.2) is 24.7 Å². The molecule has 1 fully saturated rings. The SMILES string of the molecule is CCOc1c(C)cc(NC(=O)C(C)(OCC)C2CC2)cc1C. The highest BCUT2D eigenvalue weighted by Crippen LogP contribution is 2.42. The number of amides is 1. The lowest BCUT2D eigenvalue weighted by Crippen LogP contribution is -2.44. The molecule has 1 atom stereocenters. The quantitative estimate of drug-likeness (QED) is 0.832. The zero-order chi connectivity index (χ0) is 16.3. The maximum absolute atomic E-state index is 12.7. The Morgan fingerprint density at radius 1 is 1.23 bits per heavy atom. The van der Waals surface area contributed by atoms with Crippen molar-refractivity contribution >= 4 is 11.6 Å². The third-order valence-electron chi connectivity index (χ3n) is 4.26. The molecule has 0 heterocycles. The third kappa shape index (κ3) is 3.43. The van der Waals surface area contributed by atoms with Crippen LogP contribution in [0.1, 0.15) is 44.7 Å². The highest BCUT2D eigenvalue weighted by Gasteiger charge is 2.48. The number of aryl methyl sites for hydroxylation is 2. The Hall–Kier alpha value is -1.55. The molecule has 0 bridgehead atoms. The topological polar surface area (TPSA) is 47.6 Å². The van der Waals surface area contributed by atoms with E-state index in [4.69, 9.17) is 9.47 Å². The molecule has 22 heavy (non-hydrogen) atoms. The summed E-state index contributed by atoms with van der Waals surface area (Å²) < 4.78 is 11.4. The Labute approximate surface area is 133 Å². The van der Waals surface area contributed by atoms with E-state index in [0.717, 1.165) is 35.4 Å². The van der Waals surface area contributed by atoms with Gasteiger partial charge < -0.3 is 14.8 Å². The second-order valence-electron chi connectivity index (χ2n) is 6.14. The molecule has 1 saturated carbocycles. The molecule has 1 aromatic carbocycles. The van der Waals surface area contributed by atoms with Crippen LogP contribution >= 0.6 is 0 Å². The van der Waals surface area contributed by atoms with E-state index in [9.17, 15) is 4.79 Å². The number of ether oxygens (including phenoxy) is 2. The number of carbonyl (C=O) groups is 1. The number of rotatable bonds is 7. The Kier molecular flexibility index (Phi) is 5.12. The molecule has 1 N–H and O–H groups in total. The minimum atomic E-state index is -0.727. The fourth-order valence-corrected chi connectivity index (χ4v) is 2.95. The van der Waals surface area contributed by atoms with Crippen molar-refractivity contribution in [2.75, 3.05) is 18.5 Å². The smallest absolute Gasteiger partial charge is 0.256 e. The van der Waals surface area contributed by atoms with Crippen LogP contribution in [0.4, 0.5) is 5.69 Å².